The minimum Gasteiger partial charge on any atom is -0.493 e. The molecule has 2 aliphatic rings. The maximum Gasteiger partial charge on any atom is 0.416 e. The molecule has 0 aromatic heterocycles. The lowest BCUT2D eigenvalue weighted by molar-refractivity contribution is -0.142. The van der Waals surface area contributed by atoms with E-state index in [9.17, 15) is 18.0 Å². The van der Waals surface area contributed by atoms with Crippen LogP contribution in [0.2, 0.25) is 0 Å². The van der Waals surface area contributed by atoms with E-state index in [2.05, 4.69) is 0 Å². The highest BCUT2D eigenvalue weighted by Gasteiger charge is 2.33. The third kappa shape index (κ3) is 4.38. The van der Waals surface area contributed by atoms with Crippen molar-refractivity contribution in [2.24, 2.45) is 11.8 Å². The summed E-state index contributed by atoms with van der Waals surface area (Å²) in [5.41, 5.74) is 0.989. The van der Waals surface area contributed by atoms with E-state index in [0.29, 0.717) is 49.8 Å². The molecule has 2 aromatic carbocycles. The van der Waals surface area contributed by atoms with E-state index in [1.165, 1.54) is 6.07 Å². The van der Waals surface area contributed by atoms with Gasteiger partial charge in [0, 0.05) is 36.9 Å². The van der Waals surface area contributed by atoms with Crippen molar-refractivity contribution in [1.29, 1.82) is 0 Å². The number of rotatable bonds is 6. The second-order valence-electron chi connectivity index (χ2n) is 7.74. The molecule has 0 bridgehead atoms. The van der Waals surface area contributed by atoms with Crippen molar-refractivity contribution in [1.82, 2.24) is 0 Å². The van der Waals surface area contributed by atoms with E-state index >= 15 is 0 Å². The second kappa shape index (κ2) is 8.18. The van der Waals surface area contributed by atoms with Crippen LogP contribution in [0.15, 0.2) is 42.5 Å². The van der Waals surface area contributed by atoms with Gasteiger partial charge in [0.2, 0.25) is 0 Å². The lowest BCUT2D eigenvalue weighted by Crippen LogP contribution is -2.50. The molecule has 1 unspecified atom stereocenters. The standard InChI is InChI=1S/C22H22F3NO4/c23-22(24,25)17-4-5-20(30-13-14-6-7-29-12-14)19(9-17)15-2-1-3-18(8-15)26-10-16(11-26)21(27)28/h1-5,8-9,14,16H,6-7,10-13H2,(H,27,28). The van der Waals surface area contributed by atoms with Crippen LogP contribution >= 0.6 is 0 Å². The maximum absolute atomic E-state index is 13.3. The monoisotopic (exact) mass is 421 g/mol. The number of carboxylic acid groups (broad SMARTS) is 1. The first kappa shape index (κ1) is 20.5. The van der Waals surface area contributed by atoms with E-state index in [4.69, 9.17) is 14.6 Å². The largest absolute Gasteiger partial charge is 0.493 e. The van der Waals surface area contributed by atoms with Gasteiger partial charge in [-0.25, -0.2) is 0 Å². The Morgan fingerprint density at radius 1 is 1.20 bits per heavy atom. The van der Waals surface area contributed by atoms with Crippen molar-refractivity contribution < 1.29 is 32.5 Å². The average molecular weight is 421 g/mol. The molecule has 5 nitrogen and oxygen atoms in total. The van der Waals surface area contributed by atoms with Crippen molar-refractivity contribution in [2.45, 2.75) is 12.6 Å². The van der Waals surface area contributed by atoms with E-state index in [0.717, 1.165) is 24.2 Å². The first-order valence-electron chi connectivity index (χ1n) is 9.81. The van der Waals surface area contributed by atoms with E-state index in [1.54, 1.807) is 18.2 Å². The zero-order valence-electron chi connectivity index (χ0n) is 16.2. The number of alkyl halides is 3. The highest BCUT2D eigenvalue weighted by atomic mass is 19.4. The summed E-state index contributed by atoms with van der Waals surface area (Å²) in [5, 5.41) is 9.06. The van der Waals surface area contributed by atoms with E-state index < -0.39 is 23.6 Å². The third-order valence-electron chi connectivity index (χ3n) is 5.56. The second-order valence-corrected chi connectivity index (χ2v) is 7.74. The first-order chi connectivity index (χ1) is 14.3. The number of nitrogens with zero attached hydrogens (tertiary/aromatic N) is 1. The van der Waals surface area contributed by atoms with Gasteiger partial charge < -0.3 is 19.5 Å². The van der Waals surface area contributed by atoms with Gasteiger partial charge in [0.15, 0.2) is 0 Å². The number of ether oxygens (including phenoxy) is 2. The Balaban J connectivity index is 1.62. The molecule has 0 saturated carbocycles. The van der Waals surface area contributed by atoms with E-state index in [-0.39, 0.29) is 5.92 Å². The zero-order chi connectivity index (χ0) is 21.3. The Hall–Kier alpha value is -2.74. The van der Waals surface area contributed by atoms with Gasteiger partial charge in [-0.15, -0.1) is 0 Å². The Morgan fingerprint density at radius 2 is 2.00 bits per heavy atom. The molecule has 0 spiro atoms. The third-order valence-corrected chi connectivity index (χ3v) is 5.56. The number of benzene rings is 2. The lowest BCUT2D eigenvalue weighted by atomic mass is 9.97. The molecule has 160 valence electrons. The van der Waals surface area contributed by atoms with Gasteiger partial charge in [0.1, 0.15) is 5.75 Å². The molecule has 4 rings (SSSR count). The number of aliphatic carboxylic acids is 1. The molecule has 2 aliphatic heterocycles. The van der Waals surface area contributed by atoms with Crippen LogP contribution in [-0.4, -0.2) is 44.0 Å². The summed E-state index contributed by atoms with van der Waals surface area (Å²) in [6.45, 7) is 2.40. The van der Waals surface area contributed by atoms with Gasteiger partial charge in [-0.3, -0.25) is 4.79 Å². The van der Waals surface area contributed by atoms with Crippen LogP contribution in [0.4, 0.5) is 18.9 Å². The van der Waals surface area contributed by atoms with Crippen LogP contribution in [-0.2, 0) is 15.7 Å². The van der Waals surface area contributed by atoms with Crippen LogP contribution < -0.4 is 9.64 Å². The summed E-state index contributed by atoms with van der Waals surface area (Å²) in [6.07, 6.45) is -3.60. The van der Waals surface area contributed by atoms with Crippen LogP contribution in [0.25, 0.3) is 11.1 Å². The van der Waals surface area contributed by atoms with Gasteiger partial charge >= 0.3 is 12.1 Å². The van der Waals surface area contributed by atoms with Crippen molar-refractivity contribution >= 4 is 11.7 Å². The zero-order valence-corrected chi connectivity index (χ0v) is 16.2. The molecule has 8 heteroatoms. The van der Waals surface area contributed by atoms with Crippen molar-refractivity contribution in [3.8, 4) is 16.9 Å². The Morgan fingerprint density at radius 3 is 2.67 bits per heavy atom. The summed E-state index contributed by atoms with van der Waals surface area (Å²) >= 11 is 0. The number of carboxylic acids is 1. The van der Waals surface area contributed by atoms with Gasteiger partial charge in [-0.2, -0.15) is 13.2 Å². The number of hydrogen-bond donors (Lipinski definition) is 1. The fourth-order valence-corrected chi connectivity index (χ4v) is 3.70. The van der Waals surface area contributed by atoms with E-state index in [1.807, 2.05) is 11.0 Å². The summed E-state index contributed by atoms with van der Waals surface area (Å²) < 4.78 is 51.2. The predicted molar refractivity (Wildman–Crippen MR) is 105 cm³/mol. The van der Waals surface area contributed by atoms with Crippen molar-refractivity contribution in [2.75, 3.05) is 37.8 Å². The van der Waals surface area contributed by atoms with Crippen LogP contribution in [0, 0.1) is 11.8 Å². The molecule has 30 heavy (non-hydrogen) atoms. The fourth-order valence-electron chi connectivity index (χ4n) is 3.70. The number of anilines is 1. The minimum atomic E-state index is -4.46. The SMILES string of the molecule is O=C(O)C1CN(c2cccc(-c3cc(C(F)(F)F)ccc3OCC3CCOC3)c2)C1. The van der Waals surface area contributed by atoms with Crippen LogP contribution in [0.3, 0.4) is 0 Å². The normalized spacial score (nSPS) is 19.6. The van der Waals surface area contributed by atoms with Crippen molar-refractivity contribution in [3.63, 3.8) is 0 Å². The van der Waals surface area contributed by atoms with Crippen LogP contribution in [0.5, 0.6) is 5.75 Å². The van der Waals surface area contributed by atoms with Crippen LogP contribution in [0.1, 0.15) is 12.0 Å². The Bertz CT molecular complexity index is 919. The molecule has 0 radical (unpaired) electrons. The molecule has 1 atom stereocenters. The predicted octanol–water partition coefficient (Wildman–Crippen LogP) is 4.31. The summed E-state index contributed by atoms with van der Waals surface area (Å²) in [6, 6.07) is 10.6. The number of carbonyl (C=O) groups is 1. The molecule has 2 saturated heterocycles. The minimum absolute atomic E-state index is 0.223. The summed E-state index contributed by atoms with van der Waals surface area (Å²) in [7, 11) is 0. The molecular weight excluding hydrogens is 399 g/mol. The van der Waals surface area contributed by atoms with Gasteiger partial charge in [-0.05, 0) is 42.3 Å². The highest BCUT2D eigenvalue weighted by molar-refractivity contribution is 5.77. The molecule has 0 aliphatic carbocycles. The van der Waals surface area contributed by atoms with Gasteiger partial charge in [0.05, 0.1) is 24.7 Å². The molecular formula is C22H22F3NO4. The lowest BCUT2D eigenvalue weighted by Gasteiger charge is -2.38. The average Bonchev–Trinajstić information content (AvgIpc) is 3.18. The summed E-state index contributed by atoms with van der Waals surface area (Å²) in [4.78, 5) is 12.9. The molecule has 0 amide bonds. The Kier molecular flexibility index (Phi) is 5.60. The summed E-state index contributed by atoms with van der Waals surface area (Å²) in [5.74, 6) is -0.652. The maximum atomic E-state index is 13.3. The molecule has 1 N–H and O–H groups in total. The number of halogens is 3. The quantitative estimate of drug-likeness (QED) is 0.753. The highest BCUT2D eigenvalue weighted by Crippen LogP contribution is 2.39. The fraction of sp³-hybridized carbons (Fsp3) is 0.409. The molecule has 2 aromatic rings. The number of hydrogen-bond acceptors (Lipinski definition) is 4. The first-order valence-corrected chi connectivity index (χ1v) is 9.81. The van der Waals surface area contributed by atoms with Crippen molar-refractivity contribution in [3.05, 3.63) is 48.0 Å². The molecule has 2 fully saturated rings. The topological polar surface area (TPSA) is 59.0 Å². The van der Waals surface area contributed by atoms with Gasteiger partial charge in [0.25, 0.3) is 0 Å². The van der Waals surface area contributed by atoms with Gasteiger partial charge in [-0.1, -0.05) is 12.1 Å². The molecule has 2 heterocycles. The smallest absolute Gasteiger partial charge is 0.416 e. The Labute approximate surface area is 172 Å².